The molecule has 1 heterocycles. The van der Waals surface area contributed by atoms with E-state index in [4.69, 9.17) is 4.42 Å². The van der Waals surface area contributed by atoms with E-state index in [1.165, 1.54) is 43.4 Å². The van der Waals surface area contributed by atoms with Gasteiger partial charge < -0.3 is 9.32 Å². The van der Waals surface area contributed by atoms with Gasteiger partial charge in [0.05, 0.1) is 5.69 Å². The van der Waals surface area contributed by atoms with Gasteiger partial charge in [-0.05, 0) is 80.5 Å². The molecule has 2 nitrogen and oxygen atoms in total. The maximum Gasteiger partial charge on any atom is 0.137 e. The first-order valence-corrected chi connectivity index (χ1v) is 15.0. The molecule has 0 aliphatic rings. The maximum absolute atomic E-state index is 6.35. The highest BCUT2D eigenvalue weighted by Gasteiger charge is 2.18. The molecule has 0 atom stereocenters. The number of benzene rings is 8. The predicted octanol–water partition coefficient (Wildman–Crippen LogP) is 12.2. The van der Waals surface area contributed by atoms with Gasteiger partial charge >= 0.3 is 0 Å². The number of hydrogen-bond acceptors (Lipinski definition) is 2. The zero-order valence-corrected chi connectivity index (χ0v) is 23.9. The third-order valence-corrected chi connectivity index (χ3v) is 8.81. The summed E-state index contributed by atoms with van der Waals surface area (Å²) in [4.78, 5) is 2.36. The summed E-state index contributed by atoms with van der Waals surface area (Å²) in [6.45, 7) is 0. The van der Waals surface area contributed by atoms with Gasteiger partial charge in [0, 0.05) is 33.6 Å². The zero-order valence-electron chi connectivity index (χ0n) is 23.9. The van der Waals surface area contributed by atoms with Gasteiger partial charge in [-0.15, -0.1) is 0 Å². The number of rotatable bonds is 4. The van der Waals surface area contributed by atoms with Crippen LogP contribution in [0.4, 0.5) is 17.1 Å². The fourth-order valence-corrected chi connectivity index (χ4v) is 6.70. The Bertz CT molecular complexity index is 2520. The molecule has 0 unspecified atom stereocenters. The molecule has 1 aromatic heterocycles. The number of para-hydroxylation sites is 1. The van der Waals surface area contributed by atoms with Crippen LogP contribution in [0.2, 0.25) is 0 Å². The van der Waals surface area contributed by atoms with Gasteiger partial charge in [0.2, 0.25) is 0 Å². The number of fused-ring (bicyclic) bond motifs is 6. The Morgan fingerprint density at radius 2 is 1.02 bits per heavy atom. The van der Waals surface area contributed by atoms with Gasteiger partial charge in [-0.1, -0.05) is 115 Å². The third-order valence-electron chi connectivity index (χ3n) is 8.81. The number of anilines is 3. The van der Waals surface area contributed by atoms with Crippen molar-refractivity contribution in [3.63, 3.8) is 0 Å². The van der Waals surface area contributed by atoms with Gasteiger partial charge in [-0.3, -0.25) is 0 Å². The van der Waals surface area contributed by atoms with Crippen molar-refractivity contribution in [1.82, 2.24) is 0 Å². The topological polar surface area (TPSA) is 16.4 Å². The molecule has 44 heavy (non-hydrogen) atoms. The molecule has 0 saturated carbocycles. The van der Waals surface area contributed by atoms with E-state index in [9.17, 15) is 0 Å². The highest BCUT2D eigenvalue weighted by Crippen LogP contribution is 2.43. The number of nitrogens with zero attached hydrogens (tertiary/aromatic N) is 1. The van der Waals surface area contributed by atoms with Gasteiger partial charge in [-0.25, -0.2) is 0 Å². The van der Waals surface area contributed by atoms with E-state index >= 15 is 0 Å². The summed E-state index contributed by atoms with van der Waals surface area (Å²) in [5, 5.41) is 9.60. The second kappa shape index (κ2) is 9.86. The molecule has 0 aliphatic carbocycles. The lowest BCUT2D eigenvalue weighted by Gasteiger charge is -2.27. The predicted molar refractivity (Wildman–Crippen MR) is 186 cm³/mol. The van der Waals surface area contributed by atoms with Crippen LogP contribution in [0.1, 0.15) is 0 Å². The molecule has 0 saturated heterocycles. The molecular weight excluding hydrogens is 534 g/mol. The van der Waals surface area contributed by atoms with Crippen molar-refractivity contribution < 1.29 is 4.42 Å². The smallest absolute Gasteiger partial charge is 0.137 e. The molecule has 0 amide bonds. The summed E-state index contributed by atoms with van der Waals surface area (Å²) >= 11 is 0. The summed E-state index contributed by atoms with van der Waals surface area (Å²) in [7, 11) is 0. The van der Waals surface area contributed by atoms with Gasteiger partial charge in [-0.2, -0.15) is 0 Å². The van der Waals surface area contributed by atoms with Crippen LogP contribution in [0.15, 0.2) is 168 Å². The molecule has 0 radical (unpaired) electrons. The molecular formula is C42H27NO. The first kappa shape index (κ1) is 24.7. The van der Waals surface area contributed by atoms with Gasteiger partial charge in [0.15, 0.2) is 0 Å². The van der Waals surface area contributed by atoms with Crippen molar-refractivity contribution >= 4 is 71.3 Å². The third kappa shape index (κ3) is 3.96. The number of furan rings is 1. The van der Waals surface area contributed by atoms with Crippen LogP contribution in [-0.2, 0) is 0 Å². The van der Waals surface area contributed by atoms with Crippen molar-refractivity contribution in [1.29, 1.82) is 0 Å². The Morgan fingerprint density at radius 3 is 1.95 bits per heavy atom. The summed E-state index contributed by atoms with van der Waals surface area (Å²) in [5.74, 6) is 0. The zero-order chi connectivity index (χ0) is 29.0. The normalized spacial score (nSPS) is 11.6. The average Bonchev–Trinajstić information content (AvgIpc) is 3.46. The molecule has 0 bridgehead atoms. The highest BCUT2D eigenvalue weighted by atomic mass is 16.3. The standard InChI is InChI=1S/C42H27NO/c1-2-11-30-26-33(21-19-28(30)9-1)43(34-22-24-39-38-15-5-6-18-41(38)44-42(39)27-34)40-17-8-13-31-25-32(20-23-37(31)40)36-16-7-12-29-10-3-4-14-35(29)36/h1-27H. The van der Waals surface area contributed by atoms with Crippen LogP contribution < -0.4 is 4.90 Å². The largest absolute Gasteiger partial charge is 0.456 e. The summed E-state index contributed by atoms with van der Waals surface area (Å²) in [6, 6.07) is 58.7. The van der Waals surface area contributed by atoms with E-state index in [1.807, 2.05) is 12.1 Å². The van der Waals surface area contributed by atoms with Crippen molar-refractivity contribution in [3.05, 3.63) is 164 Å². The van der Waals surface area contributed by atoms with E-state index in [1.54, 1.807) is 0 Å². The van der Waals surface area contributed by atoms with Crippen LogP contribution in [0.3, 0.4) is 0 Å². The fraction of sp³-hybridized carbons (Fsp3) is 0. The lowest BCUT2D eigenvalue weighted by atomic mass is 9.95. The van der Waals surface area contributed by atoms with Crippen molar-refractivity contribution in [2.45, 2.75) is 0 Å². The monoisotopic (exact) mass is 561 g/mol. The molecule has 8 aromatic carbocycles. The fourth-order valence-electron chi connectivity index (χ4n) is 6.70. The molecule has 0 aliphatic heterocycles. The minimum atomic E-state index is 0.882. The van der Waals surface area contributed by atoms with Crippen molar-refractivity contribution in [3.8, 4) is 11.1 Å². The molecule has 206 valence electrons. The molecule has 0 spiro atoms. The Balaban J connectivity index is 1.26. The second-order valence-electron chi connectivity index (χ2n) is 11.4. The lowest BCUT2D eigenvalue weighted by molar-refractivity contribution is 0.669. The lowest BCUT2D eigenvalue weighted by Crippen LogP contribution is -2.10. The molecule has 0 N–H and O–H groups in total. The van der Waals surface area contributed by atoms with Crippen LogP contribution in [0.5, 0.6) is 0 Å². The van der Waals surface area contributed by atoms with Gasteiger partial charge in [0.25, 0.3) is 0 Å². The van der Waals surface area contributed by atoms with Crippen molar-refractivity contribution in [2.24, 2.45) is 0 Å². The van der Waals surface area contributed by atoms with E-state index < -0.39 is 0 Å². The van der Waals surface area contributed by atoms with E-state index in [-0.39, 0.29) is 0 Å². The van der Waals surface area contributed by atoms with Crippen LogP contribution in [-0.4, -0.2) is 0 Å². The van der Waals surface area contributed by atoms with Crippen LogP contribution in [0, 0.1) is 0 Å². The summed E-state index contributed by atoms with van der Waals surface area (Å²) in [5.41, 5.74) is 7.53. The number of hydrogen-bond donors (Lipinski definition) is 0. The van der Waals surface area contributed by atoms with Gasteiger partial charge in [0.1, 0.15) is 11.2 Å². The first-order chi connectivity index (χ1) is 21.8. The van der Waals surface area contributed by atoms with Crippen molar-refractivity contribution in [2.75, 3.05) is 4.90 Å². The van der Waals surface area contributed by atoms with E-state index in [0.717, 1.165) is 39.0 Å². The Hall–Kier alpha value is -5.86. The highest BCUT2D eigenvalue weighted by molar-refractivity contribution is 6.08. The second-order valence-corrected chi connectivity index (χ2v) is 11.4. The molecule has 0 fully saturated rings. The Labute approximate surface area is 255 Å². The van der Waals surface area contributed by atoms with E-state index in [2.05, 4.69) is 157 Å². The molecule has 9 rings (SSSR count). The summed E-state index contributed by atoms with van der Waals surface area (Å²) in [6.07, 6.45) is 0. The SMILES string of the molecule is c1ccc2cc(N(c3ccc4c(c3)oc3ccccc34)c3cccc4cc(-c5cccc6ccccc56)ccc34)ccc2c1. The minimum Gasteiger partial charge on any atom is -0.456 e. The minimum absolute atomic E-state index is 0.882. The Kier molecular flexibility index (Phi) is 5.54. The first-order valence-electron chi connectivity index (χ1n) is 15.0. The quantitative estimate of drug-likeness (QED) is 0.212. The Morgan fingerprint density at radius 1 is 0.364 bits per heavy atom. The summed E-state index contributed by atoms with van der Waals surface area (Å²) < 4.78 is 6.35. The molecule has 9 aromatic rings. The molecule has 2 heteroatoms. The van der Waals surface area contributed by atoms with Crippen LogP contribution >= 0.6 is 0 Å². The van der Waals surface area contributed by atoms with Crippen LogP contribution in [0.25, 0.3) is 65.4 Å². The average molecular weight is 562 g/mol. The maximum atomic E-state index is 6.35. The van der Waals surface area contributed by atoms with E-state index in [0.29, 0.717) is 0 Å².